The number of imidazole rings is 1. The Labute approximate surface area is 183 Å². The maximum absolute atomic E-state index is 13.0. The van der Waals surface area contributed by atoms with Gasteiger partial charge in [-0.2, -0.15) is 4.31 Å². The van der Waals surface area contributed by atoms with Gasteiger partial charge in [-0.1, -0.05) is 0 Å². The van der Waals surface area contributed by atoms with Crippen LogP contribution in [-0.2, 0) is 24.1 Å². The van der Waals surface area contributed by atoms with Gasteiger partial charge in [-0.25, -0.2) is 13.2 Å². The molecule has 0 bridgehead atoms. The van der Waals surface area contributed by atoms with E-state index >= 15 is 0 Å². The van der Waals surface area contributed by atoms with Crippen LogP contribution in [0.3, 0.4) is 0 Å². The highest BCUT2D eigenvalue weighted by molar-refractivity contribution is 7.89. The molecule has 0 saturated heterocycles. The number of hydrogen-bond donors (Lipinski definition) is 0. The third-order valence-electron chi connectivity index (χ3n) is 5.10. The maximum atomic E-state index is 13.0. The molecule has 0 unspecified atom stereocenters. The number of aryl methyl sites for hydroxylation is 2. The summed E-state index contributed by atoms with van der Waals surface area (Å²) in [5.41, 5.74) is 0.314. The number of nitro groups is 1. The van der Waals surface area contributed by atoms with E-state index in [1.54, 1.807) is 14.0 Å². The van der Waals surface area contributed by atoms with E-state index < -0.39 is 27.3 Å². The van der Waals surface area contributed by atoms with Crippen LogP contribution < -0.4 is 10.4 Å². The molecule has 0 spiro atoms. The number of ether oxygens (including phenoxy) is 1. The summed E-state index contributed by atoms with van der Waals surface area (Å²) in [5, 5.41) is 11.3. The van der Waals surface area contributed by atoms with Gasteiger partial charge in [0.2, 0.25) is 10.0 Å². The quantitative estimate of drug-likeness (QED) is 0.282. The summed E-state index contributed by atoms with van der Waals surface area (Å²) in [6.45, 7) is 1.36. The van der Waals surface area contributed by atoms with Crippen molar-refractivity contribution in [2.45, 2.75) is 11.8 Å². The molecule has 32 heavy (non-hydrogen) atoms. The minimum Gasteiger partial charge on any atom is -0.487 e. The molecule has 3 aromatic rings. The molecule has 170 valence electrons. The second-order valence-electron chi connectivity index (χ2n) is 7.11. The highest BCUT2D eigenvalue weighted by Gasteiger charge is 2.26. The highest BCUT2D eigenvalue weighted by Crippen LogP contribution is 2.28. The zero-order valence-electron chi connectivity index (χ0n) is 17.9. The first-order chi connectivity index (χ1) is 15.0. The molecule has 3 rings (SSSR count). The fourth-order valence-electron chi connectivity index (χ4n) is 3.32. The van der Waals surface area contributed by atoms with E-state index in [9.17, 15) is 28.1 Å². The molecule has 11 nitrogen and oxygen atoms in total. The fraction of sp³-hybridized carbons (Fsp3) is 0.300. The van der Waals surface area contributed by atoms with Crippen LogP contribution in [0.4, 0.5) is 5.69 Å². The van der Waals surface area contributed by atoms with E-state index in [1.807, 2.05) is 0 Å². The van der Waals surface area contributed by atoms with Crippen LogP contribution in [0.25, 0.3) is 11.0 Å². The molecule has 1 heterocycles. The lowest BCUT2D eigenvalue weighted by Crippen LogP contribution is -2.32. The summed E-state index contributed by atoms with van der Waals surface area (Å²) in [4.78, 5) is 35.3. The van der Waals surface area contributed by atoms with Gasteiger partial charge in [-0.3, -0.25) is 24.0 Å². The largest absolute Gasteiger partial charge is 0.487 e. The summed E-state index contributed by atoms with van der Waals surface area (Å²) in [6, 6.07) is 7.99. The SMILES string of the molecule is CCOc1ccc(C(=O)CN(C)S(=O)(=O)c2ccc3c(c2)n(C)c(=O)n3C)cc1[N+](=O)[O-]. The molecule has 0 atom stereocenters. The van der Waals surface area contributed by atoms with Crippen molar-refractivity contribution >= 4 is 32.5 Å². The predicted molar refractivity (Wildman–Crippen MR) is 117 cm³/mol. The van der Waals surface area contributed by atoms with Gasteiger partial charge >= 0.3 is 11.4 Å². The normalized spacial score (nSPS) is 11.8. The summed E-state index contributed by atoms with van der Waals surface area (Å²) >= 11 is 0. The Morgan fingerprint density at radius 2 is 1.78 bits per heavy atom. The zero-order valence-corrected chi connectivity index (χ0v) is 18.7. The monoisotopic (exact) mass is 462 g/mol. The molecule has 0 amide bonds. The summed E-state index contributed by atoms with van der Waals surface area (Å²) in [6.07, 6.45) is 0. The molecular weight excluding hydrogens is 440 g/mol. The lowest BCUT2D eigenvalue weighted by molar-refractivity contribution is -0.385. The van der Waals surface area contributed by atoms with E-state index in [0.717, 1.165) is 10.4 Å². The number of aromatic nitrogens is 2. The van der Waals surface area contributed by atoms with Crippen LogP contribution in [0.2, 0.25) is 0 Å². The minimum atomic E-state index is -4.07. The molecule has 0 radical (unpaired) electrons. The van der Waals surface area contributed by atoms with Gasteiger partial charge in [-0.05, 0) is 37.3 Å². The lowest BCUT2D eigenvalue weighted by atomic mass is 10.1. The van der Waals surface area contributed by atoms with E-state index in [4.69, 9.17) is 4.74 Å². The van der Waals surface area contributed by atoms with Gasteiger partial charge in [0.15, 0.2) is 11.5 Å². The van der Waals surface area contributed by atoms with Crippen molar-refractivity contribution in [1.29, 1.82) is 0 Å². The summed E-state index contributed by atoms with van der Waals surface area (Å²) in [5.74, 6) is -0.591. The number of ketones is 1. The number of Topliss-reactive ketones (excluding diaryl/α,β-unsaturated/α-hetero) is 1. The van der Waals surface area contributed by atoms with Crippen LogP contribution in [0.1, 0.15) is 17.3 Å². The van der Waals surface area contributed by atoms with Crippen molar-refractivity contribution < 1.29 is 22.9 Å². The lowest BCUT2D eigenvalue weighted by Gasteiger charge is -2.17. The summed E-state index contributed by atoms with van der Waals surface area (Å²) in [7, 11) is 0.291. The molecule has 1 aromatic heterocycles. The number of likely N-dealkylation sites (N-methyl/N-ethyl adjacent to an activating group) is 1. The number of nitrogens with zero attached hydrogens (tertiary/aromatic N) is 4. The molecule has 0 aliphatic heterocycles. The molecule has 0 N–H and O–H groups in total. The van der Waals surface area contributed by atoms with Gasteiger partial charge in [0.05, 0.1) is 34.0 Å². The van der Waals surface area contributed by atoms with Crippen molar-refractivity contribution in [2.75, 3.05) is 20.2 Å². The van der Waals surface area contributed by atoms with E-state index in [1.165, 1.54) is 53.6 Å². The van der Waals surface area contributed by atoms with E-state index in [2.05, 4.69) is 0 Å². The Balaban J connectivity index is 1.90. The highest BCUT2D eigenvalue weighted by atomic mass is 32.2. The van der Waals surface area contributed by atoms with Crippen LogP contribution in [0.15, 0.2) is 46.1 Å². The Hall–Kier alpha value is -3.51. The number of sulfonamides is 1. The molecule has 0 aliphatic rings. The van der Waals surface area contributed by atoms with Crippen LogP contribution in [0, 0.1) is 10.1 Å². The molecule has 0 fully saturated rings. The Bertz CT molecular complexity index is 1390. The van der Waals surface area contributed by atoms with Crippen molar-refractivity contribution in [3.8, 4) is 5.75 Å². The van der Waals surface area contributed by atoms with E-state index in [-0.39, 0.29) is 34.2 Å². The number of carbonyl (C=O) groups excluding carboxylic acids is 1. The second kappa shape index (κ2) is 8.55. The molecule has 12 heteroatoms. The Morgan fingerprint density at radius 1 is 1.12 bits per heavy atom. The van der Waals surface area contributed by atoms with Crippen molar-refractivity contribution in [1.82, 2.24) is 13.4 Å². The van der Waals surface area contributed by atoms with Crippen LogP contribution in [-0.4, -0.2) is 52.8 Å². The third-order valence-corrected chi connectivity index (χ3v) is 6.89. The van der Waals surface area contributed by atoms with Gasteiger partial charge in [-0.15, -0.1) is 0 Å². The first-order valence-electron chi connectivity index (χ1n) is 9.55. The number of benzene rings is 2. The average Bonchev–Trinajstić information content (AvgIpc) is 2.97. The number of carbonyl (C=O) groups is 1. The summed E-state index contributed by atoms with van der Waals surface area (Å²) < 4.78 is 34.8. The average molecular weight is 462 g/mol. The van der Waals surface area contributed by atoms with E-state index in [0.29, 0.717) is 11.0 Å². The molecule has 2 aromatic carbocycles. The number of hydrogen-bond acceptors (Lipinski definition) is 7. The van der Waals surface area contributed by atoms with Gasteiger partial charge in [0, 0.05) is 32.8 Å². The molecular formula is C20H22N4O7S. The second-order valence-corrected chi connectivity index (χ2v) is 9.15. The minimum absolute atomic E-state index is 0.0110. The third kappa shape index (κ3) is 4.01. The number of rotatable bonds is 8. The van der Waals surface area contributed by atoms with Crippen molar-refractivity contribution in [3.63, 3.8) is 0 Å². The van der Waals surface area contributed by atoms with Crippen molar-refractivity contribution in [3.05, 3.63) is 62.6 Å². The van der Waals surface area contributed by atoms with Crippen LogP contribution in [0.5, 0.6) is 5.75 Å². The number of fused-ring (bicyclic) bond motifs is 1. The number of nitro benzene ring substituents is 1. The Morgan fingerprint density at radius 3 is 2.41 bits per heavy atom. The van der Waals surface area contributed by atoms with Gasteiger partial charge in [0.25, 0.3) is 0 Å². The van der Waals surface area contributed by atoms with Gasteiger partial charge in [0.1, 0.15) is 0 Å². The first kappa shape index (κ1) is 23.2. The molecule has 0 aliphatic carbocycles. The fourth-order valence-corrected chi connectivity index (χ4v) is 4.46. The first-order valence-corrected chi connectivity index (χ1v) is 11.0. The topological polar surface area (TPSA) is 134 Å². The Kier molecular flexibility index (Phi) is 6.19. The standard InChI is InChI=1S/C20H22N4O7S/c1-5-31-19-9-6-13(10-17(19)24(27)28)18(25)12-21(2)32(29,30)14-7-8-15-16(11-14)23(4)20(26)22(15)3/h6-11H,5,12H2,1-4H3. The predicted octanol–water partition coefficient (Wildman–Crippen LogP) is 1.69. The maximum Gasteiger partial charge on any atom is 0.328 e. The van der Waals surface area contributed by atoms with Crippen LogP contribution >= 0.6 is 0 Å². The van der Waals surface area contributed by atoms with Crippen molar-refractivity contribution in [2.24, 2.45) is 14.1 Å². The zero-order chi connectivity index (χ0) is 23.8. The van der Waals surface area contributed by atoms with Gasteiger partial charge < -0.3 is 4.74 Å². The smallest absolute Gasteiger partial charge is 0.328 e. The molecule has 0 saturated carbocycles.